The van der Waals surface area contributed by atoms with Crippen LogP contribution in [0.3, 0.4) is 0 Å². The summed E-state index contributed by atoms with van der Waals surface area (Å²) in [7, 11) is 1.48. The fourth-order valence-electron chi connectivity index (χ4n) is 2.37. The smallest absolute Gasteiger partial charge is 0.363 e. The number of esters is 2. The van der Waals surface area contributed by atoms with Crippen molar-refractivity contribution in [2.75, 3.05) is 20.3 Å². The van der Waals surface area contributed by atoms with E-state index < -0.39 is 11.9 Å². The number of furan rings is 1. The van der Waals surface area contributed by atoms with Gasteiger partial charge in [-0.3, -0.25) is 0 Å². The molecule has 9 heteroatoms. The second-order valence-electron chi connectivity index (χ2n) is 5.44. The Bertz CT molecular complexity index is 947. The highest BCUT2D eigenvalue weighted by molar-refractivity contribution is 14.1. The number of ether oxygens (including phenoxy) is 4. The van der Waals surface area contributed by atoms with Crippen LogP contribution in [0.2, 0.25) is 0 Å². The van der Waals surface area contributed by atoms with Gasteiger partial charge < -0.3 is 23.4 Å². The van der Waals surface area contributed by atoms with Crippen molar-refractivity contribution < 1.29 is 33.0 Å². The van der Waals surface area contributed by atoms with Crippen LogP contribution in [0.25, 0.3) is 6.08 Å². The molecule has 0 fully saturated rings. The van der Waals surface area contributed by atoms with Gasteiger partial charge >= 0.3 is 11.9 Å². The summed E-state index contributed by atoms with van der Waals surface area (Å²) in [6.07, 6.45) is 3.04. The Labute approximate surface area is 174 Å². The SMILES string of the molecule is CCOC(=O)COc1c(I)cc(C=C2N=C(c3ccco3)OC2=O)cc1OC. The highest BCUT2D eigenvalue weighted by Crippen LogP contribution is 2.35. The summed E-state index contributed by atoms with van der Waals surface area (Å²) in [5, 5.41) is 0. The number of benzene rings is 1. The predicted molar refractivity (Wildman–Crippen MR) is 107 cm³/mol. The summed E-state index contributed by atoms with van der Waals surface area (Å²) in [4.78, 5) is 27.8. The van der Waals surface area contributed by atoms with Crippen LogP contribution in [0.15, 0.2) is 45.6 Å². The topological polar surface area (TPSA) is 96.6 Å². The molecule has 1 aliphatic rings. The van der Waals surface area contributed by atoms with E-state index in [2.05, 4.69) is 27.6 Å². The molecule has 0 bridgehead atoms. The fraction of sp³-hybridized carbons (Fsp3) is 0.211. The van der Waals surface area contributed by atoms with E-state index in [0.29, 0.717) is 26.4 Å². The summed E-state index contributed by atoms with van der Waals surface area (Å²) in [5.41, 5.74) is 0.783. The van der Waals surface area contributed by atoms with E-state index >= 15 is 0 Å². The number of nitrogens with zero attached hydrogens (tertiary/aromatic N) is 1. The maximum absolute atomic E-state index is 12.1. The van der Waals surface area contributed by atoms with Gasteiger partial charge in [-0.2, -0.15) is 0 Å². The lowest BCUT2D eigenvalue weighted by molar-refractivity contribution is -0.145. The second kappa shape index (κ2) is 8.91. The average Bonchev–Trinajstić information content (AvgIpc) is 3.31. The highest BCUT2D eigenvalue weighted by atomic mass is 127. The maximum atomic E-state index is 12.1. The number of hydrogen-bond donors (Lipinski definition) is 0. The van der Waals surface area contributed by atoms with Crippen LogP contribution in [-0.4, -0.2) is 38.2 Å². The normalized spacial score (nSPS) is 14.6. The summed E-state index contributed by atoms with van der Waals surface area (Å²) >= 11 is 2.05. The van der Waals surface area contributed by atoms with Gasteiger partial charge in [0.25, 0.3) is 5.90 Å². The molecule has 0 aliphatic carbocycles. The van der Waals surface area contributed by atoms with Crippen molar-refractivity contribution in [3.05, 3.63) is 51.1 Å². The van der Waals surface area contributed by atoms with Crippen LogP contribution >= 0.6 is 22.6 Å². The summed E-state index contributed by atoms with van der Waals surface area (Å²) in [5.74, 6) is 0.240. The van der Waals surface area contributed by atoms with Crippen LogP contribution < -0.4 is 9.47 Å². The molecule has 0 saturated carbocycles. The van der Waals surface area contributed by atoms with Crippen molar-refractivity contribution in [1.29, 1.82) is 0 Å². The van der Waals surface area contributed by atoms with Gasteiger partial charge in [0.2, 0.25) is 0 Å². The van der Waals surface area contributed by atoms with Crippen molar-refractivity contribution in [3.8, 4) is 11.5 Å². The first-order valence-corrected chi connectivity index (χ1v) is 9.32. The lowest BCUT2D eigenvalue weighted by Gasteiger charge is -2.13. The number of aliphatic imine (C=N–C) groups is 1. The lowest BCUT2D eigenvalue weighted by atomic mass is 10.1. The third-order valence-electron chi connectivity index (χ3n) is 3.55. The van der Waals surface area contributed by atoms with Crippen molar-refractivity contribution >= 4 is 46.5 Å². The Morgan fingerprint density at radius 2 is 2.18 bits per heavy atom. The van der Waals surface area contributed by atoms with E-state index in [0.717, 1.165) is 0 Å². The van der Waals surface area contributed by atoms with Gasteiger partial charge in [0.05, 0.1) is 23.6 Å². The number of methoxy groups -OCH3 is 1. The third kappa shape index (κ3) is 4.53. The number of carbonyl (C=O) groups excluding carboxylic acids is 2. The molecule has 1 aromatic heterocycles. The molecule has 0 unspecified atom stereocenters. The number of hydrogen-bond acceptors (Lipinski definition) is 8. The second-order valence-corrected chi connectivity index (χ2v) is 6.60. The molecule has 0 atom stereocenters. The quantitative estimate of drug-likeness (QED) is 0.330. The Morgan fingerprint density at radius 1 is 1.36 bits per heavy atom. The number of carbonyl (C=O) groups is 2. The molecule has 0 saturated heterocycles. The molecule has 3 rings (SSSR count). The van der Waals surface area contributed by atoms with Gasteiger partial charge in [0.1, 0.15) is 0 Å². The minimum Gasteiger partial charge on any atom is -0.493 e. The standard InChI is InChI=1S/C19H16INO7/c1-3-25-16(22)10-27-17-12(20)7-11(9-15(17)24-2)8-13-19(23)28-18(21-13)14-5-4-6-26-14/h4-9H,3,10H2,1-2H3. The molecule has 1 aliphatic heterocycles. The van der Waals surface area contributed by atoms with Crippen LogP contribution in [0, 0.1) is 3.57 Å². The molecule has 1 aromatic carbocycles. The van der Waals surface area contributed by atoms with E-state index in [9.17, 15) is 9.59 Å². The van der Waals surface area contributed by atoms with E-state index in [1.54, 1.807) is 37.3 Å². The van der Waals surface area contributed by atoms with Gasteiger partial charge in [0, 0.05) is 0 Å². The Kier molecular flexibility index (Phi) is 6.34. The van der Waals surface area contributed by atoms with Crippen LogP contribution in [0.5, 0.6) is 11.5 Å². The average molecular weight is 497 g/mol. The molecule has 2 aromatic rings. The van der Waals surface area contributed by atoms with Gasteiger partial charge in [-0.15, -0.1) is 0 Å². The summed E-state index contributed by atoms with van der Waals surface area (Å²) in [6.45, 7) is 1.77. The van der Waals surface area contributed by atoms with Crippen molar-refractivity contribution in [3.63, 3.8) is 0 Å². The molecule has 8 nitrogen and oxygen atoms in total. The zero-order chi connectivity index (χ0) is 20.1. The molecule has 0 N–H and O–H groups in total. The minimum atomic E-state index is -0.581. The van der Waals surface area contributed by atoms with Crippen LogP contribution in [0.4, 0.5) is 0 Å². The molecular weight excluding hydrogens is 481 g/mol. The molecular formula is C19H16INO7. The Balaban J connectivity index is 1.85. The molecule has 0 spiro atoms. The van der Waals surface area contributed by atoms with E-state index in [1.165, 1.54) is 13.4 Å². The number of cyclic esters (lactones) is 1. The van der Waals surface area contributed by atoms with E-state index in [-0.39, 0.29) is 24.8 Å². The molecule has 0 amide bonds. The first-order valence-electron chi connectivity index (χ1n) is 8.24. The minimum absolute atomic E-state index is 0.109. The van der Waals surface area contributed by atoms with Crippen molar-refractivity contribution in [1.82, 2.24) is 0 Å². The Hall–Kier alpha value is -2.82. The number of rotatable bonds is 7. The van der Waals surface area contributed by atoms with Gasteiger partial charge in [-0.25, -0.2) is 14.6 Å². The summed E-state index contributed by atoms with van der Waals surface area (Å²) < 4.78 is 26.7. The zero-order valence-electron chi connectivity index (χ0n) is 15.1. The largest absolute Gasteiger partial charge is 0.493 e. The van der Waals surface area contributed by atoms with Gasteiger partial charge in [-0.1, -0.05) is 0 Å². The van der Waals surface area contributed by atoms with Crippen molar-refractivity contribution in [2.45, 2.75) is 6.92 Å². The third-order valence-corrected chi connectivity index (χ3v) is 4.35. The predicted octanol–water partition coefficient (Wildman–Crippen LogP) is 3.18. The highest BCUT2D eigenvalue weighted by Gasteiger charge is 2.26. The first-order chi connectivity index (χ1) is 13.5. The van der Waals surface area contributed by atoms with Crippen LogP contribution in [0.1, 0.15) is 18.2 Å². The number of halogens is 1. The molecule has 28 heavy (non-hydrogen) atoms. The lowest BCUT2D eigenvalue weighted by Crippen LogP contribution is -2.15. The van der Waals surface area contributed by atoms with Crippen molar-refractivity contribution in [2.24, 2.45) is 4.99 Å². The van der Waals surface area contributed by atoms with Crippen LogP contribution in [-0.2, 0) is 19.1 Å². The Morgan fingerprint density at radius 3 is 2.86 bits per heavy atom. The fourth-order valence-corrected chi connectivity index (χ4v) is 3.15. The zero-order valence-corrected chi connectivity index (χ0v) is 17.2. The van der Waals surface area contributed by atoms with E-state index in [4.69, 9.17) is 23.4 Å². The van der Waals surface area contributed by atoms with Gasteiger partial charge in [0.15, 0.2) is 29.6 Å². The monoisotopic (exact) mass is 497 g/mol. The van der Waals surface area contributed by atoms with Gasteiger partial charge in [-0.05, 0) is 65.4 Å². The molecule has 2 heterocycles. The molecule has 146 valence electrons. The maximum Gasteiger partial charge on any atom is 0.363 e. The summed E-state index contributed by atoms with van der Waals surface area (Å²) in [6, 6.07) is 6.76. The van der Waals surface area contributed by atoms with E-state index in [1.807, 2.05) is 0 Å². The molecule has 0 radical (unpaired) electrons. The first kappa shape index (κ1) is 19.9.